The summed E-state index contributed by atoms with van der Waals surface area (Å²) in [6, 6.07) is 7.36. The number of hydrogen-bond donors (Lipinski definition) is 1. The molecule has 1 aliphatic heterocycles. The van der Waals surface area contributed by atoms with Gasteiger partial charge in [0.05, 0.1) is 31.0 Å². The lowest BCUT2D eigenvalue weighted by Crippen LogP contribution is -2.24. The molecule has 3 rings (SSSR count). The average molecular weight is 334 g/mol. The van der Waals surface area contributed by atoms with Gasteiger partial charge in [-0.05, 0) is 30.9 Å². The molecule has 0 bridgehead atoms. The number of amides is 1. The molecule has 6 heteroatoms. The van der Waals surface area contributed by atoms with Gasteiger partial charge in [0, 0.05) is 17.8 Å². The van der Waals surface area contributed by atoms with Crippen molar-refractivity contribution in [3.05, 3.63) is 47.2 Å². The Balaban J connectivity index is 1.54. The molecule has 1 amide bonds. The molecule has 1 aromatic carbocycles. The lowest BCUT2D eigenvalue weighted by atomic mass is 10.1. The molecule has 0 saturated carbocycles. The third-order valence-corrected chi connectivity index (χ3v) is 4.26. The highest BCUT2D eigenvalue weighted by Crippen LogP contribution is 2.17. The fourth-order valence-corrected chi connectivity index (χ4v) is 2.91. The summed E-state index contributed by atoms with van der Waals surface area (Å²) in [6.45, 7) is 1.55. The fraction of sp³-hybridized carbons (Fsp3) is 0.412. The van der Waals surface area contributed by atoms with Crippen molar-refractivity contribution >= 4 is 23.2 Å². The van der Waals surface area contributed by atoms with E-state index in [9.17, 15) is 4.79 Å². The number of carbonyl (C=O) groups excluding carboxylic acids is 1. The number of anilines is 1. The van der Waals surface area contributed by atoms with E-state index in [-0.39, 0.29) is 18.4 Å². The SMILES string of the molecule is O=C(Cc1ccccc1Cl)Nc1cnn(CC2CCCCO2)c1. The molecule has 23 heavy (non-hydrogen) atoms. The summed E-state index contributed by atoms with van der Waals surface area (Å²) >= 11 is 6.07. The van der Waals surface area contributed by atoms with Gasteiger partial charge in [0.25, 0.3) is 0 Å². The topological polar surface area (TPSA) is 56.2 Å². The molecule has 2 aromatic rings. The van der Waals surface area contributed by atoms with E-state index < -0.39 is 0 Å². The maximum atomic E-state index is 12.1. The zero-order valence-electron chi connectivity index (χ0n) is 12.9. The van der Waals surface area contributed by atoms with Crippen molar-refractivity contribution in [2.75, 3.05) is 11.9 Å². The van der Waals surface area contributed by atoms with Gasteiger partial charge in [-0.3, -0.25) is 9.48 Å². The van der Waals surface area contributed by atoms with Crippen LogP contribution >= 0.6 is 11.6 Å². The summed E-state index contributed by atoms with van der Waals surface area (Å²) in [7, 11) is 0. The van der Waals surface area contributed by atoms with Gasteiger partial charge >= 0.3 is 0 Å². The highest BCUT2D eigenvalue weighted by Gasteiger charge is 2.15. The molecule has 0 aliphatic carbocycles. The van der Waals surface area contributed by atoms with Crippen molar-refractivity contribution < 1.29 is 9.53 Å². The monoisotopic (exact) mass is 333 g/mol. The normalized spacial score (nSPS) is 17.9. The molecule has 1 aromatic heterocycles. The number of hydrogen-bond acceptors (Lipinski definition) is 3. The van der Waals surface area contributed by atoms with E-state index >= 15 is 0 Å². The number of nitrogens with one attached hydrogen (secondary N) is 1. The molecule has 1 saturated heterocycles. The van der Waals surface area contributed by atoms with Crippen LogP contribution in [0.15, 0.2) is 36.7 Å². The highest BCUT2D eigenvalue weighted by molar-refractivity contribution is 6.31. The zero-order chi connectivity index (χ0) is 16.1. The van der Waals surface area contributed by atoms with E-state index in [2.05, 4.69) is 10.4 Å². The predicted molar refractivity (Wildman–Crippen MR) is 89.6 cm³/mol. The number of ether oxygens (including phenoxy) is 1. The van der Waals surface area contributed by atoms with Crippen LogP contribution in [0.2, 0.25) is 5.02 Å². The zero-order valence-corrected chi connectivity index (χ0v) is 13.6. The molecule has 1 atom stereocenters. The fourth-order valence-electron chi connectivity index (χ4n) is 2.71. The van der Waals surface area contributed by atoms with Crippen LogP contribution in [0.25, 0.3) is 0 Å². The third-order valence-electron chi connectivity index (χ3n) is 3.89. The van der Waals surface area contributed by atoms with Gasteiger partial charge in [0.1, 0.15) is 0 Å². The quantitative estimate of drug-likeness (QED) is 0.913. The molecule has 2 heterocycles. The Morgan fingerprint density at radius 2 is 2.26 bits per heavy atom. The Hall–Kier alpha value is -1.85. The van der Waals surface area contributed by atoms with Crippen LogP contribution in [-0.4, -0.2) is 28.4 Å². The van der Waals surface area contributed by atoms with Crippen LogP contribution < -0.4 is 5.32 Å². The Kier molecular flexibility index (Phi) is 5.31. The number of benzene rings is 1. The van der Waals surface area contributed by atoms with Crippen LogP contribution in [0.5, 0.6) is 0 Å². The van der Waals surface area contributed by atoms with Crippen molar-refractivity contribution in [2.24, 2.45) is 0 Å². The molecule has 1 fully saturated rings. The first kappa shape index (κ1) is 16.0. The molecular weight excluding hydrogens is 314 g/mol. The van der Waals surface area contributed by atoms with Crippen LogP contribution in [0, 0.1) is 0 Å². The van der Waals surface area contributed by atoms with Gasteiger partial charge in [0.2, 0.25) is 5.91 Å². The molecule has 0 spiro atoms. The standard InChI is InChI=1S/C17H20ClN3O2/c18-16-7-2-1-5-13(16)9-17(22)20-14-10-19-21(11-14)12-15-6-3-4-8-23-15/h1-2,5,7,10-11,15H,3-4,6,8-9,12H2,(H,20,22). The maximum absolute atomic E-state index is 12.1. The second kappa shape index (κ2) is 7.62. The van der Waals surface area contributed by atoms with E-state index in [1.807, 2.05) is 29.1 Å². The summed E-state index contributed by atoms with van der Waals surface area (Å²) in [6.07, 6.45) is 7.36. The van der Waals surface area contributed by atoms with Gasteiger partial charge < -0.3 is 10.1 Å². The van der Waals surface area contributed by atoms with E-state index in [0.29, 0.717) is 10.7 Å². The number of halogens is 1. The molecule has 1 unspecified atom stereocenters. The van der Waals surface area contributed by atoms with Gasteiger partial charge in [-0.25, -0.2) is 0 Å². The Morgan fingerprint density at radius 1 is 1.39 bits per heavy atom. The molecule has 122 valence electrons. The Morgan fingerprint density at radius 3 is 3.04 bits per heavy atom. The van der Waals surface area contributed by atoms with Gasteiger partial charge in [-0.1, -0.05) is 29.8 Å². The first-order chi connectivity index (χ1) is 11.2. The Labute approximate surface area is 140 Å². The second-order valence-corrected chi connectivity index (χ2v) is 6.16. The minimum atomic E-state index is -0.105. The summed E-state index contributed by atoms with van der Waals surface area (Å²) in [4.78, 5) is 12.1. The van der Waals surface area contributed by atoms with Crippen molar-refractivity contribution in [3.63, 3.8) is 0 Å². The van der Waals surface area contributed by atoms with Crippen molar-refractivity contribution in [2.45, 2.75) is 38.3 Å². The van der Waals surface area contributed by atoms with Crippen LogP contribution in [0.3, 0.4) is 0 Å². The van der Waals surface area contributed by atoms with Crippen LogP contribution in [0.1, 0.15) is 24.8 Å². The smallest absolute Gasteiger partial charge is 0.228 e. The van der Waals surface area contributed by atoms with E-state index in [1.54, 1.807) is 12.3 Å². The minimum Gasteiger partial charge on any atom is -0.376 e. The molecule has 0 radical (unpaired) electrons. The summed E-state index contributed by atoms with van der Waals surface area (Å²) in [5.74, 6) is -0.105. The largest absolute Gasteiger partial charge is 0.376 e. The number of carbonyl (C=O) groups is 1. The van der Waals surface area contributed by atoms with Crippen molar-refractivity contribution in [1.82, 2.24) is 9.78 Å². The highest BCUT2D eigenvalue weighted by atomic mass is 35.5. The lowest BCUT2D eigenvalue weighted by molar-refractivity contribution is -0.115. The van der Waals surface area contributed by atoms with Crippen molar-refractivity contribution in [1.29, 1.82) is 0 Å². The molecular formula is C17H20ClN3O2. The van der Waals surface area contributed by atoms with Crippen LogP contribution in [-0.2, 0) is 22.5 Å². The van der Waals surface area contributed by atoms with Crippen LogP contribution in [0.4, 0.5) is 5.69 Å². The maximum Gasteiger partial charge on any atom is 0.228 e. The molecule has 1 N–H and O–H groups in total. The van der Waals surface area contributed by atoms with E-state index in [4.69, 9.17) is 16.3 Å². The second-order valence-electron chi connectivity index (χ2n) is 5.76. The third kappa shape index (κ3) is 4.56. The van der Waals surface area contributed by atoms with Gasteiger partial charge in [0.15, 0.2) is 0 Å². The van der Waals surface area contributed by atoms with Gasteiger partial charge in [-0.2, -0.15) is 5.10 Å². The molecule has 5 nitrogen and oxygen atoms in total. The minimum absolute atomic E-state index is 0.105. The average Bonchev–Trinajstić information content (AvgIpc) is 2.97. The Bertz CT molecular complexity index is 665. The van der Waals surface area contributed by atoms with Gasteiger partial charge in [-0.15, -0.1) is 0 Å². The predicted octanol–water partition coefficient (Wildman–Crippen LogP) is 3.29. The summed E-state index contributed by atoms with van der Waals surface area (Å²) < 4.78 is 7.52. The summed E-state index contributed by atoms with van der Waals surface area (Å²) in [5.41, 5.74) is 1.51. The molecule has 1 aliphatic rings. The van der Waals surface area contributed by atoms with E-state index in [1.165, 1.54) is 6.42 Å². The first-order valence-corrected chi connectivity index (χ1v) is 8.26. The van der Waals surface area contributed by atoms with Crippen molar-refractivity contribution in [3.8, 4) is 0 Å². The summed E-state index contributed by atoms with van der Waals surface area (Å²) in [5, 5.41) is 7.74. The first-order valence-electron chi connectivity index (χ1n) is 7.88. The number of nitrogens with zero attached hydrogens (tertiary/aromatic N) is 2. The number of rotatable bonds is 5. The number of aromatic nitrogens is 2. The lowest BCUT2D eigenvalue weighted by Gasteiger charge is -2.22. The van der Waals surface area contributed by atoms with E-state index in [0.717, 1.165) is 31.6 Å².